The molecule has 26 heavy (non-hydrogen) atoms. The van der Waals surface area contributed by atoms with Gasteiger partial charge in [-0.3, -0.25) is 4.79 Å². The van der Waals surface area contributed by atoms with Crippen molar-refractivity contribution in [2.45, 2.75) is 4.90 Å². The number of carboxylic acid groups (broad SMARTS) is 1. The van der Waals surface area contributed by atoms with Gasteiger partial charge in [0.1, 0.15) is 11.5 Å². The van der Waals surface area contributed by atoms with Gasteiger partial charge in [0.15, 0.2) is 0 Å². The number of carbonyl (C=O) groups excluding carboxylic acids is 1. The molecule has 1 aliphatic rings. The monoisotopic (exact) mass is 382 g/mol. The van der Waals surface area contributed by atoms with Gasteiger partial charge in [-0.1, -0.05) is 35.5 Å². The van der Waals surface area contributed by atoms with Crippen molar-refractivity contribution in [1.82, 2.24) is 0 Å². The third-order valence-corrected chi connectivity index (χ3v) is 5.39. The highest BCUT2D eigenvalue weighted by molar-refractivity contribution is 8.04. The minimum Gasteiger partial charge on any atom is -0.478 e. The first kappa shape index (κ1) is 16.7. The smallest absolute Gasteiger partial charge is 0.337 e. The van der Waals surface area contributed by atoms with Crippen LogP contribution in [-0.2, 0) is 0 Å². The number of carbonyl (C=O) groups is 2. The zero-order valence-corrected chi connectivity index (χ0v) is 14.8. The molecule has 2 aromatic carbocycles. The summed E-state index contributed by atoms with van der Waals surface area (Å²) in [6, 6.07) is 15.6. The van der Waals surface area contributed by atoms with Crippen LogP contribution in [0.5, 0.6) is 0 Å². The maximum absolute atomic E-state index is 12.4. The van der Waals surface area contributed by atoms with Gasteiger partial charge in [-0.2, -0.15) is 0 Å². The van der Waals surface area contributed by atoms with Gasteiger partial charge < -0.3 is 9.52 Å². The predicted octanol–water partition coefficient (Wildman–Crippen LogP) is 5.63. The van der Waals surface area contributed by atoms with Gasteiger partial charge in [-0.25, -0.2) is 4.79 Å². The van der Waals surface area contributed by atoms with E-state index >= 15 is 0 Å². The molecule has 3 aromatic rings. The van der Waals surface area contributed by atoms with Crippen LogP contribution < -0.4 is 0 Å². The summed E-state index contributed by atoms with van der Waals surface area (Å²) in [5, 5.41) is 9.35. The first-order valence-electron chi connectivity index (χ1n) is 7.69. The van der Waals surface area contributed by atoms with Crippen molar-refractivity contribution in [3.8, 4) is 11.3 Å². The highest BCUT2D eigenvalue weighted by Crippen LogP contribution is 2.41. The van der Waals surface area contributed by atoms with Gasteiger partial charge in [0.2, 0.25) is 5.78 Å². The average molecular weight is 383 g/mol. The van der Waals surface area contributed by atoms with Crippen LogP contribution >= 0.6 is 23.4 Å². The molecule has 0 atom stereocenters. The SMILES string of the molecule is O=C(O)c1cc(-c2ccc(C=C3Sc4ccccc4C3=O)o2)ccc1Cl. The summed E-state index contributed by atoms with van der Waals surface area (Å²) < 4.78 is 5.78. The maximum atomic E-state index is 12.4. The third kappa shape index (κ3) is 2.96. The van der Waals surface area contributed by atoms with E-state index in [1.807, 2.05) is 18.2 Å². The number of thioether (sulfide) groups is 1. The molecule has 0 fully saturated rings. The minimum absolute atomic E-state index is 0.0115. The molecule has 4 rings (SSSR count). The fraction of sp³-hybridized carbons (Fsp3) is 0. The summed E-state index contributed by atoms with van der Waals surface area (Å²) in [5.74, 6) is -0.0980. The molecular formula is C20H11ClO4S. The summed E-state index contributed by atoms with van der Waals surface area (Å²) in [6.45, 7) is 0. The Morgan fingerprint density at radius 1 is 1.12 bits per heavy atom. The molecule has 0 radical (unpaired) electrons. The van der Waals surface area contributed by atoms with Crippen molar-refractivity contribution in [2.24, 2.45) is 0 Å². The molecule has 4 nitrogen and oxygen atoms in total. The molecule has 128 valence electrons. The Labute approximate surface area is 158 Å². The molecular weight excluding hydrogens is 372 g/mol. The van der Waals surface area contributed by atoms with Crippen molar-refractivity contribution < 1.29 is 19.1 Å². The number of carboxylic acids is 1. The molecule has 1 aromatic heterocycles. The lowest BCUT2D eigenvalue weighted by molar-refractivity contribution is 0.0697. The lowest BCUT2D eigenvalue weighted by Crippen LogP contribution is -1.97. The van der Waals surface area contributed by atoms with E-state index in [1.54, 1.807) is 30.3 Å². The number of rotatable bonds is 3. The number of furan rings is 1. The van der Waals surface area contributed by atoms with Gasteiger partial charge in [-0.05, 0) is 48.5 Å². The van der Waals surface area contributed by atoms with Crippen molar-refractivity contribution in [2.75, 3.05) is 0 Å². The van der Waals surface area contributed by atoms with E-state index in [2.05, 4.69) is 0 Å². The van der Waals surface area contributed by atoms with Crippen LogP contribution in [-0.4, -0.2) is 16.9 Å². The maximum Gasteiger partial charge on any atom is 0.337 e. The second-order valence-electron chi connectivity index (χ2n) is 5.64. The van der Waals surface area contributed by atoms with Crippen LogP contribution in [0.2, 0.25) is 5.02 Å². The van der Waals surface area contributed by atoms with Crippen molar-refractivity contribution >= 4 is 41.2 Å². The Hall–Kier alpha value is -2.76. The Kier molecular flexibility index (Phi) is 4.18. The summed E-state index contributed by atoms with van der Waals surface area (Å²) >= 11 is 7.31. The second kappa shape index (κ2) is 6.52. The van der Waals surface area contributed by atoms with Crippen molar-refractivity contribution in [3.05, 3.63) is 81.4 Å². The molecule has 0 spiro atoms. The molecule has 1 aliphatic heterocycles. The molecule has 0 amide bonds. The molecule has 0 saturated carbocycles. The fourth-order valence-corrected chi connectivity index (χ4v) is 3.92. The Bertz CT molecular complexity index is 1080. The number of Topliss-reactive ketones (excluding diaryl/α,β-unsaturated/α-hetero) is 1. The van der Waals surface area contributed by atoms with Gasteiger partial charge in [0.25, 0.3) is 0 Å². The normalized spacial score (nSPS) is 14.7. The van der Waals surface area contributed by atoms with Crippen LogP contribution in [0, 0.1) is 0 Å². The van der Waals surface area contributed by atoms with Crippen LogP contribution in [0.3, 0.4) is 0 Å². The number of fused-ring (bicyclic) bond motifs is 1. The quantitative estimate of drug-likeness (QED) is 0.595. The van der Waals surface area contributed by atoms with E-state index in [9.17, 15) is 14.7 Å². The molecule has 2 heterocycles. The second-order valence-corrected chi connectivity index (χ2v) is 7.13. The minimum atomic E-state index is -1.10. The summed E-state index contributed by atoms with van der Waals surface area (Å²) in [7, 11) is 0. The Morgan fingerprint density at radius 3 is 2.69 bits per heavy atom. The fourth-order valence-electron chi connectivity index (χ4n) is 2.69. The molecule has 0 aliphatic carbocycles. The van der Waals surface area contributed by atoms with Gasteiger partial charge >= 0.3 is 5.97 Å². The lowest BCUT2D eigenvalue weighted by Gasteiger charge is -2.02. The zero-order chi connectivity index (χ0) is 18.3. The first-order valence-corrected chi connectivity index (χ1v) is 8.89. The van der Waals surface area contributed by atoms with E-state index in [0.29, 0.717) is 27.6 Å². The topological polar surface area (TPSA) is 67.5 Å². The van der Waals surface area contributed by atoms with Gasteiger partial charge in [0, 0.05) is 16.0 Å². The van der Waals surface area contributed by atoms with E-state index in [0.717, 1.165) is 4.90 Å². The summed E-state index contributed by atoms with van der Waals surface area (Å²) in [4.78, 5) is 25.2. The predicted molar refractivity (Wildman–Crippen MR) is 101 cm³/mol. The third-order valence-electron chi connectivity index (χ3n) is 3.96. The standard InChI is InChI=1S/C20H11ClO4S/c21-15-7-5-11(9-14(15)20(23)24)16-8-6-12(25-16)10-18-19(22)13-3-1-2-4-17(13)26-18/h1-10H,(H,23,24). The van der Waals surface area contributed by atoms with Crippen LogP contribution in [0.1, 0.15) is 26.5 Å². The molecule has 0 saturated heterocycles. The number of benzene rings is 2. The van der Waals surface area contributed by atoms with Crippen LogP contribution in [0.4, 0.5) is 0 Å². The largest absolute Gasteiger partial charge is 0.478 e. The van der Waals surface area contributed by atoms with E-state index < -0.39 is 5.97 Å². The molecule has 0 unspecified atom stereocenters. The van der Waals surface area contributed by atoms with Crippen LogP contribution in [0.15, 0.2) is 68.8 Å². The number of halogens is 1. The molecule has 0 bridgehead atoms. The summed E-state index contributed by atoms with van der Waals surface area (Å²) in [6.07, 6.45) is 1.70. The first-order chi connectivity index (χ1) is 12.5. The highest BCUT2D eigenvalue weighted by atomic mass is 35.5. The number of allylic oxidation sites excluding steroid dienone is 1. The van der Waals surface area contributed by atoms with E-state index in [-0.39, 0.29) is 16.4 Å². The van der Waals surface area contributed by atoms with Crippen LogP contribution in [0.25, 0.3) is 17.4 Å². The van der Waals surface area contributed by atoms with Crippen molar-refractivity contribution in [3.63, 3.8) is 0 Å². The Balaban J connectivity index is 1.65. The van der Waals surface area contributed by atoms with Gasteiger partial charge in [0.05, 0.1) is 15.5 Å². The Morgan fingerprint density at radius 2 is 1.92 bits per heavy atom. The lowest BCUT2D eigenvalue weighted by atomic mass is 10.1. The summed E-state index contributed by atoms with van der Waals surface area (Å²) in [5.41, 5.74) is 1.31. The number of hydrogen-bond acceptors (Lipinski definition) is 4. The number of hydrogen-bond donors (Lipinski definition) is 1. The molecule has 6 heteroatoms. The zero-order valence-electron chi connectivity index (χ0n) is 13.2. The highest BCUT2D eigenvalue weighted by Gasteiger charge is 2.25. The number of ketones is 1. The van der Waals surface area contributed by atoms with Gasteiger partial charge in [-0.15, -0.1) is 0 Å². The number of aromatic carboxylic acids is 1. The molecule has 1 N–H and O–H groups in total. The van der Waals surface area contributed by atoms with Crippen molar-refractivity contribution in [1.29, 1.82) is 0 Å². The average Bonchev–Trinajstić information content (AvgIpc) is 3.21. The van der Waals surface area contributed by atoms with E-state index in [1.165, 1.54) is 23.9 Å². The van der Waals surface area contributed by atoms with E-state index in [4.69, 9.17) is 16.0 Å².